The number of nitrogens with one attached hydrogen (secondary N) is 3. The number of nitrogens with zero attached hydrogens (tertiary/aromatic N) is 1. The molecule has 3 aromatic rings. The van der Waals surface area contributed by atoms with Crippen molar-refractivity contribution < 1.29 is 4.79 Å². The van der Waals surface area contributed by atoms with E-state index in [0.29, 0.717) is 5.69 Å². The van der Waals surface area contributed by atoms with Crippen molar-refractivity contribution in [3.63, 3.8) is 0 Å². The van der Waals surface area contributed by atoms with Crippen LogP contribution < -0.4 is 16.0 Å². The first-order chi connectivity index (χ1) is 12.1. The summed E-state index contributed by atoms with van der Waals surface area (Å²) < 4.78 is 1.88. The van der Waals surface area contributed by atoms with E-state index in [-0.39, 0.29) is 5.91 Å². The van der Waals surface area contributed by atoms with Gasteiger partial charge in [-0.2, -0.15) is 0 Å². The van der Waals surface area contributed by atoms with Crippen LogP contribution in [0.1, 0.15) is 16.2 Å². The Balaban J connectivity index is 1.65. The van der Waals surface area contributed by atoms with E-state index in [0.717, 1.165) is 28.4 Å². The quantitative estimate of drug-likeness (QED) is 0.649. The van der Waals surface area contributed by atoms with Gasteiger partial charge in [-0.3, -0.25) is 4.79 Å². The van der Waals surface area contributed by atoms with Crippen LogP contribution in [0.4, 0.5) is 22.7 Å². The summed E-state index contributed by atoms with van der Waals surface area (Å²) in [6.07, 6.45) is 0. The van der Waals surface area contributed by atoms with Gasteiger partial charge in [0.25, 0.3) is 5.91 Å². The fourth-order valence-corrected chi connectivity index (χ4v) is 2.56. The molecule has 5 nitrogen and oxygen atoms in total. The number of anilines is 4. The highest BCUT2D eigenvalue weighted by Gasteiger charge is 2.10. The van der Waals surface area contributed by atoms with Crippen molar-refractivity contribution in [3.05, 3.63) is 72.1 Å². The third-order valence-corrected chi connectivity index (χ3v) is 4.21. The molecule has 0 radical (unpaired) electrons. The molecule has 3 N–H and O–H groups in total. The third kappa shape index (κ3) is 3.83. The topological polar surface area (TPSA) is 58.1 Å². The predicted molar refractivity (Wildman–Crippen MR) is 104 cm³/mol. The van der Waals surface area contributed by atoms with E-state index in [1.165, 1.54) is 0 Å². The lowest BCUT2D eigenvalue weighted by Gasteiger charge is -2.10. The average molecular weight is 334 g/mol. The minimum Gasteiger partial charge on any atom is -0.388 e. The second-order valence-corrected chi connectivity index (χ2v) is 5.90. The van der Waals surface area contributed by atoms with E-state index < -0.39 is 0 Å². The van der Waals surface area contributed by atoms with Crippen molar-refractivity contribution >= 4 is 28.7 Å². The molecule has 0 saturated carbocycles. The Labute approximate surface area is 147 Å². The summed E-state index contributed by atoms with van der Waals surface area (Å²) in [5.74, 6) is -0.112. The zero-order chi connectivity index (χ0) is 17.8. The Morgan fingerprint density at radius 3 is 1.80 bits per heavy atom. The molecule has 1 heterocycles. The Hall–Kier alpha value is -3.21. The molecule has 2 aromatic carbocycles. The summed E-state index contributed by atoms with van der Waals surface area (Å²) in [6.45, 7) is 1.97. The highest BCUT2D eigenvalue weighted by molar-refractivity contribution is 6.03. The summed E-state index contributed by atoms with van der Waals surface area (Å²) in [5, 5.41) is 9.35. The van der Waals surface area contributed by atoms with Gasteiger partial charge in [-0.25, -0.2) is 0 Å². The van der Waals surface area contributed by atoms with Gasteiger partial charge in [-0.1, -0.05) is 0 Å². The summed E-state index contributed by atoms with van der Waals surface area (Å²) >= 11 is 0. The second kappa shape index (κ2) is 7.13. The van der Waals surface area contributed by atoms with Crippen molar-refractivity contribution in [2.24, 2.45) is 7.05 Å². The van der Waals surface area contributed by atoms with Gasteiger partial charge in [-0.05, 0) is 67.6 Å². The van der Waals surface area contributed by atoms with Crippen LogP contribution in [0.15, 0.2) is 60.7 Å². The maximum absolute atomic E-state index is 12.3. The third-order valence-electron chi connectivity index (χ3n) is 4.21. The zero-order valence-corrected chi connectivity index (χ0v) is 14.6. The van der Waals surface area contributed by atoms with Crippen LogP contribution in [0.25, 0.3) is 0 Å². The lowest BCUT2D eigenvalue weighted by molar-refractivity contribution is 0.101. The maximum Gasteiger partial charge on any atom is 0.272 e. The molecule has 0 bridgehead atoms. The minimum atomic E-state index is -0.112. The first-order valence-electron chi connectivity index (χ1n) is 8.15. The highest BCUT2D eigenvalue weighted by atomic mass is 16.1. The number of hydrogen-bond acceptors (Lipinski definition) is 3. The van der Waals surface area contributed by atoms with Crippen LogP contribution in [-0.4, -0.2) is 17.5 Å². The van der Waals surface area contributed by atoms with Gasteiger partial charge in [0.2, 0.25) is 0 Å². The highest BCUT2D eigenvalue weighted by Crippen LogP contribution is 2.21. The van der Waals surface area contributed by atoms with E-state index in [9.17, 15) is 4.79 Å². The number of rotatable bonds is 5. The number of carbonyl (C=O) groups excluding carboxylic acids is 1. The number of aromatic nitrogens is 1. The van der Waals surface area contributed by atoms with Crippen LogP contribution in [0.5, 0.6) is 0 Å². The van der Waals surface area contributed by atoms with Gasteiger partial charge in [0.05, 0.1) is 0 Å². The minimum absolute atomic E-state index is 0.112. The molecule has 0 unspecified atom stereocenters. The van der Waals surface area contributed by atoms with E-state index in [1.54, 1.807) is 0 Å². The lowest BCUT2D eigenvalue weighted by atomic mass is 10.2. The SMILES string of the molecule is CNc1ccc(Nc2ccc(NC(=O)c3ccc(C)n3C)cc2)cc1. The summed E-state index contributed by atoms with van der Waals surface area (Å²) in [7, 11) is 3.78. The van der Waals surface area contributed by atoms with Crippen LogP contribution in [0, 0.1) is 6.92 Å². The summed E-state index contributed by atoms with van der Waals surface area (Å²) in [5.41, 5.74) is 5.50. The van der Waals surface area contributed by atoms with Gasteiger partial charge in [-0.15, -0.1) is 0 Å². The molecule has 3 rings (SSSR count). The Morgan fingerprint density at radius 2 is 1.32 bits per heavy atom. The summed E-state index contributed by atoms with van der Waals surface area (Å²) in [6, 6.07) is 19.5. The standard InChI is InChI=1S/C20H22N4O/c1-14-4-13-19(24(14)3)20(25)23-18-11-9-17(10-12-18)22-16-7-5-15(21-2)6-8-16/h4-13,21-22H,1-3H3,(H,23,25). The number of hydrogen-bond donors (Lipinski definition) is 3. The molecule has 0 aliphatic heterocycles. The molecule has 0 fully saturated rings. The molecule has 5 heteroatoms. The Morgan fingerprint density at radius 1 is 0.800 bits per heavy atom. The van der Waals surface area contributed by atoms with Gasteiger partial charge in [0.15, 0.2) is 0 Å². The fourth-order valence-electron chi connectivity index (χ4n) is 2.56. The van der Waals surface area contributed by atoms with Gasteiger partial charge < -0.3 is 20.5 Å². The van der Waals surface area contributed by atoms with Gasteiger partial charge in [0, 0.05) is 42.5 Å². The van der Waals surface area contributed by atoms with Crippen molar-refractivity contribution in [2.45, 2.75) is 6.92 Å². The fraction of sp³-hybridized carbons (Fsp3) is 0.150. The van der Waals surface area contributed by atoms with E-state index in [1.807, 2.05) is 86.2 Å². The molecule has 1 amide bonds. The lowest BCUT2D eigenvalue weighted by Crippen LogP contribution is -2.15. The van der Waals surface area contributed by atoms with Crippen molar-refractivity contribution in [1.82, 2.24) is 4.57 Å². The van der Waals surface area contributed by atoms with Crippen LogP contribution >= 0.6 is 0 Å². The Bertz CT molecular complexity index is 864. The average Bonchev–Trinajstić information content (AvgIpc) is 2.96. The first kappa shape index (κ1) is 16.6. The first-order valence-corrected chi connectivity index (χ1v) is 8.15. The van der Waals surface area contributed by atoms with Gasteiger partial charge >= 0.3 is 0 Å². The van der Waals surface area contributed by atoms with Crippen molar-refractivity contribution in [2.75, 3.05) is 23.0 Å². The molecule has 0 aliphatic carbocycles. The maximum atomic E-state index is 12.3. The molecular formula is C20H22N4O. The monoisotopic (exact) mass is 334 g/mol. The predicted octanol–water partition coefficient (Wildman–Crippen LogP) is 4.37. The van der Waals surface area contributed by atoms with Gasteiger partial charge in [0.1, 0.15) is 5.69 Å². The van der Waals surface area contributed by atoms with Crippen LogP contribution in [0.3, 0.4) is 0 Å². The molecule has 1 aromatic heterocycles. The smallest absolute Gasteiger partial charge is 0.272 e. The molecular weight excluding hydrogens is 312 g/mol. The number of aryl methyl sites for hydroxylation is 1. The van der Waals surface area contributed by atoms with E-state index >= 15 is 0 Å². The van der Waals surface area contributed by atoms with Crippen molar-refractivity contribution in [3.8, 4) is 0 Å². The number of benzene rings is 2. The Kier molecular flexibility index (Phi) is 4.75. The number of carbonyl (C=O) groups is 1. The molecule has 0 atom stereocenters. The molecule has 128 valence electrons. The molecule has 0 saturated heterocycles. The second-order valence-electron chi connectivity index (χ2n) is 5.90. The van der Waals surface area contributed by atoms with E-state index in [4.69, 9.17) is 0 Å². The van der Waals surface area contributed by atoms with Crippen LogP contribution in [-0.2, 0) is 7.05 Å². The van der Waals surface area contributed by atoms with Crippen LogP contribution in [0.2, 0.25) is 0 Å². The van der Waals surface area contributed by atoms with E-state index in [2.05, 4.69) is 16.0 Å². The largest absolute Gasteiger partial charge is 0.388 e. The molecule has 0 aliphatic rings. The molecule has 25 heavy (non-hydrogen) atoms. The number of amides is 1. The molecule has 0 spiro atoms. The normalized spacial score (nSPS) is 10.4. The summed E-state index contributed by atoms with van der Waals surface area (Å²) in [4.78, 5) is 12.3. The zero-order valence-electron chi connectivity index (χ0n) is 14.6. The van der Waals surface area contributed by atoms with Crippen molar-refractivity contribution in [1.29, 1.82) is 0 Å².